The Bertz CT molecular complexity index is 877. The van der Waals surface area contributed by atoms with Crippen LogP contribution in [0.5, 0.6) is 0 Å². The van der Waals surface area contributed by atoms with Gasteiger partial charge in [-0.05, 0) is 24.6 Å². The Balaban J connectivity index is 1.87. The van der Waals surface area contributed by atoms with Gasteiger partial charge in [0.2, 0.25) is 21.8 Å². The Morgan fingerprint density at radius 1 is 1.10 bits per heavy atom. The van der Waals surface area contributed by atoms with E-state index in [1.807, 2.05) is 9.80 Å². The van der Waals surface area contributed by atoms with Gasteiger partial charge < -0.3 is 10.6 Å². The van der Waals surface area contributed by atoms with Crippen LogP contribution < -0.4 is 10.6 Å². The number of piperazine rings is 1. The third kappa shape index (κ3) is 6.63. The smallest absolute Gasteiger partial charge is 0.242 e. The first-order valence-electron chi connectivity index (χ1n) is 9.79. The van der Waals surface area contributed by atoms with E-state index < -0.39 is 10.0 Å². The highest BCUT2D eigenvalue weighted by atomic mass is 32.2. The number of hydrogen-bond donors (Lipinski definition) is 2. The third-order valence-corrected chi connectivity index (χ3v) is 6.83. The molecule has 0 saturated carbocycles. The average molecular weight is 438 g/mol. The summed E-state index contributed by atoms with van der Waals surface area (Å²) in [5.74, 6) is -0.242. The van der Waals surface area contributed by atoms with Gasteiger partial charge in [0, 0.05) is 52.5 Å². The summed E-state index contributed by atoms with van der Waals surface area (Å²) in [6.45, 7) is 9.04. The fourth-order valence-corrected chi connectivity index (χ4v) is 4.25. The van der Waals surface area contributed by atoms with Crippen LogP contribution in [-0.2, 0) is 19.6 Å². The van der Waals surface area contributed by atoms with Gasteiger partial charge in [-0.3, -0.25) is 19.4 Å². The minimum absolute atomic E-state index is 0.0380. The van der Waals surface area contributed by atoms with Crippen LogP contribution in [0.15, 0.2) is 35.7 Å². The van der Waals surface area contributed by atoms with Crippen molar-refractivity contribution < 1.29 is 18.0 Å². The summed E-state index contributed by atoms with van der Waals surface area (Å²) in [4.78, 5) is 28.4. The van der Waals surface area contributed by atoms with Crippen molar-refractivity contribution in [1.29, 1.82) is 0 Å². The maximum atomic E-state index is 12.4. The van der Waals surface area contributed by atoms with E-state index in [1.54, 1.807) is 25.1 Å². The van der Waals surface area contributed by atoms with Crippen LogP contribution in [0.4, 0.5) is 5.69 Å². The van der Waals surface area contributed by atoms with Crippen molar-refractivity contribution in [2.24, 2.45) is 0 Å². The second-order valence-corrected chi connectivity index (χ2v) is 9.58. The summed E-state index contributed by atoms with van der Waals surface area (Å²) in [6.07, 6.45) is 1.64. The van der Waals surface area contributed by atoms with E-state index >= 15 is 0 Å². The lowest BCUT2D eigenvalue weighted by atomic mass is 10.2. The molecule has 2 rings (SSSR count). The summed E-state index contributed by atoms with van der Waals surface area (Å²) in [5, 5.41) is 5.54. The predicted molar refractivity (Wildman–Crippen MR) is 117 cm³/mol. The quantitative estimate of drug-likeness (QED) is 0.532. The summed E-state index contributed by atoms with van der Waals surface area (Å²) < 4.78 is 26.0. The highest BCUT2D eigenvalue weighted by Gasteiger charge is 2.22. The van der Waals surface area contributed by atoms with Crippen LogP contribution >= 0.6 is 0 Å². The summed E-state index contributed by atoms with van der Waals surface area (Å²) >= 11 is 0. The minimum atomic E-state index is -3.59. The van der Waals surface area contributed by atoms with Crippen molar-refractivity contribution in [3.63, 3.8) is 0 Å². The number of amides is 2. The van der Waals surface area contributed by atoms with Crippen molar-refractivity contribution in [2.45, 2.75) is 11.8 Å². The SMILES string of the molecule is C=CCNC(=O)CN1CCN(CC(=O)Nc2ccc(C)c(S(=O)(=O)N(C)C)c2)CC1. The lowest BCUT2D eigenvalue weighted by molar-refractivity contribution is -0.123. The summed E-state index contributed by atoms with van der Waals surface area (Å²) in [5.41, 5.74) is 1.07. The molecule has 1 heterocycles. The van der Waals surface area contributed by atoms with Gasteiger partial charge in [-0.1, -0.05) is 12.1 Å². The molecule has 1 aromatic rings. The van der Waals surface area contributed by atoms with E-state index in [4.69, 9.17) is 0 Å². The molecule has 0 aromatic heterocycles. The zero-order chi connectivity index (χ0) is 22.3. The predicted octanol–water partition coefficient (Wildman–Crippen LogP) is 0.104. The highest BCUT2D eigenvalue weighted by Crippen LogP contribution is 2.22. The number of hydrogen-bond acceptors (Lipinski definition) is 6. The lowest BCUT2D eigenvalue weighted by Crippen LogP contribution is -2.51. The van der Waals surface area contributed by atoms with Crippen LogP contribution in [0.1, 0.15) is 5.56 Å². The normalized spacial score (nSPS) is 15.7. The fraction of sp³-hybridized carbons (Fsp3) is 0.500. The Labute approximate surface area is 178 Å². The first-order chi connectivity index (χ1) is 14.1. The summed E-state index contributed by atoms with van der Waals surface area (Å²) in [7, 11) is -0.637. The van der Waals surface area contributed by atoms with E-state index in [0.29, 0.717) is 50.5 Å². The number of rotatable bonds is 9. The molecule has 0 atom stereocenters. The van der Waals surface area contributed by atoms with Crippen molar-refractivity contribution in [2.75, 3.05) is 65.2 Å². The van der Waals surface area contributed by atoms with Crippen LogP contribution in [-0.4, -0.2) is 94.2 Å². The largest absolute Gasteiger partial charge is 0.352 e. The molecule has 1 saturated heterocycles. The molecule has 1 aliphatic heterocycles. The number of aryl methyl sites for hydroxylation is 1. The zero-order valence-corrected chi connectivity index (χ0v) is 18.7. The average Bonchev–Trinajstić information content (AvgIpc) is 2.69. The molecular formula is C20H31N5O4S. The maximum Gasteiger partial charge on any atom is 0.242 e. The van der Waals surface area contributed by atoms with Crippen molar-refractivity contribution in [3.8, 4) is 0 Å². The fourth-order valence-electron chi connectivity index (χ4n) is 3.11. The number of nitrogens with one attached hydrogen (secondary N) is 2. The Kier molecular flexibility index (Phi) is 8.54. The molecule has 10 heteroatoms. The van der Waals surface area contributed by atoms with Gasteiger partial charge in [-0.2, -0.15) is 0 Å². The Hall–Kier alpha value is -2.27. The maximum absolute atomic E-state index is 12.4. The van der Waals surface area contributed by atoms with Crippen LogP contribution in [0.3, 0.4) is 0 Å². The summed E-state index contributed by atoms with van der Waals surface area (Å²) in [6, 6.07) is 4.87. The van der Waals surface area contributed by atoms with Crippen molar-refractivity contribution in [1.82, 2.24) is 19.4 Å². The number of sulfonamides is 1. The molecule has 1 fully saturated rings. The van der Waals surface area contributed by atoms with Crippen molar-refractivity contribution >= 4 is 27.5 Å². The van der Waals surface area contributed by atoms with Gasteiger partial charge in [0.05, 0.1) is 18.0 Å². The van der Waals surface area contributed by atoms with Crippen molar-refractivity contribution in [3.05, 3.63) is 36.4 Å². The van der Waals surface area contributed by atoms with Crippen LogP contribution in [0, 0.1) is 6.92 Å². The lowest BCUT2D eigenvalue weighted by Gasteiger charge is -2.33. The van der Waals surface area contributed by atoms with E-state index in [1.165, 1.54) is 20.2 Å². The van der Waals surface area contributed by atoms with E-state index in [-0.39, 0.29) is 23.3 Å². The number of nitrogens with zero attached hydrogens (tertiary/aromatic N) is 3. The molecule has 30 heavy (non-hydrogen) atoms. The molecule has 166 valence electrons. The first kappa shape index (κ1) is 24.0. The molecule has 0 radical (unpaired) electrons. The van der Waals surface area contributed by atoms with Gasteiger partial charge in [-0.15, -0.1) is 6.58 Å². The number of benzene rings is 1. The second-order valence-electron chi connectivity index (χ2n) is 7.46. The molecule has 1 aromatic carbocycles. The van der Waals surface area contributed by atoms with E-state index in [9.17, 15) is 18.0 Å². The third-order valence-electron chi connectivity index (χ3n) is 4.87. The molecular weight excluding hydrogens is 406 g/mol. The number of carbonyl (C=O) groups is 2. The topological polar surface area (TPSA) is 102 Å². The Morgan fingerprint density at radius 2 is 1.67 bits per heavy atom. The van der Waals surface area contributed by atoms with Crippen LogP contribution in [0.2, 0.25) is 0 Å². The minimum Gasteiger partial charge on any atom is -0.352 e. The zero-order valence-electron chi connectivity index (χ0n) is 17.8. The van der Waals surface area contributed by atoms with Gasteiger partial charge in [0.1, 0.15) is 0 Å². The van der Waals surface area contributed by atoms with Gasteiger partial charge >= 0.3 is 0 Å². The molecule has 0 unspecified atom stereocenters. The first-order valence-corrected chi connectivity index (χ1v) is 11.2. The Morgan fingerprint density at radius 3 is 2.20 bits per heavy atom. The molecule has 2 N–H and O–H groups in total. The van der Waals surface area contributed by atoms with Gasteiger partial charge in [0.25, 0.3) is 0 Å². The number of anilines is 1. The monoisotopic (exact) mass is 437 g/mol. The molecule has 0 spiro atoms. The molecule has 9 nitrogen and oxygen atoms in total. The highest BCUT2D eigenvalue weighted by molar-refractivity contribution is 7.89. The van der Waals surface area contributed by atoms with Gasteiger partial charge in [-0.25, -0.2) is 12.7 Å². The molecule has 2 amide bonds. The van der Waals surface area contributed by atoms with E-state index in [0.717, 1.165) is 4.31 Å². The standard InChI is InChI=1S/C20H31N5O4S/c1-5-8-21-19(26)14-24-9-11-25(12-10-24)15-20(27)22-17-7-6-16(2)18(13-17)30(28,29)23(3)4/h5-7,13H,1,8-12,14-15H2,2-4H3,(H,21,26)(H,22,27). The van der Waals surface area contributed by atoms with Gasteiger partial charge in [0.15, 0.2) is 0 Å². The second kappa shape index (κ2) is 10.7. The van der Waals surface area contributed by atoms with E-state index in [2.05, 4.69) is 17.2 Å². The molecule has 0 aliphatic carbocycles. The molecule has 1 aliphatic rings. The molecule has 0 bridgehead atoms. The van der Waals surface area contributed by atoms with Crippen LogP contribution in [0.25, 0.3) is 0 Å². The number of carbonyl (C=O) groups excluding carboxylic acids is 2.